The van der Waals surface area contributed by atoms with E-state index in [1.165, 1.54) is 0 Å². The molecule has 1 aromatic carbocycles. The molecule has 174 valence electrons. The summed E-state index contributed by atoms with van der Waals surface area (Å²) < 4.78 is 10.9. The number of guanidine groups is 1. The highest BCUT2D eigenvalue weighted by atomic mass is 16.5. The first-order valence-corrected chi connectivity index (χ1v) is 11.3. The fraction of sp³-hybridized carbons (Fsp3) is 0.500. The van der Waals surface area contributed by atoms with Crippen LogP contribution in [0.15, 0.2) is 47.6 Å². The molecule has 0 atom stereocenters. The molecule has 2 N–H and O–H groups in total. The Morgan fingerprint density at radius 3 is 2.75 bits per heavy atom. The zero-order chi connectivity index (χ0) is 22.6. The monoisotopic (exact) mass is 440 g/mol. The molecule has 1 fully saturated rings. The van der Waals surface area contributed by atoms with E-state index in [1.807, 2.05) is 36.5 Å². The summed E-state index contributed by atoms with van der Waals surface area (Å²) in [5, 5.41) is 6.72. The van der Waals surface area contributed by atoms with E-state index < -0.39 is 0 Å². The van der Waals surface area contributed by atoms with Gasteiger partial charge in [0.2, 0.25) is 0 Å². The van der Waals surface area contributed by atoms with Crippen molar-refractivity contribution in [3.63, 3.8) is 0 Å². The summed E-state index contributed by atoms with van der Waals surface area (Å²) in [5.41, 5.74) is 2.06. The van der Waals surface area contributed by atoms with E-state index in [0.717, 1.165) is 67.9 Å². The van der Waals surface area contributed by atoms with E-state index >= 15 is 0 Å². The van der Waals surface area contributed by atoms with E-state index in [-0.39, 0.29) is 0 Å². The van der Waals surface area contributed by atoms with Gasteiger partial charge in [0, 0.05) is 76.4 Å². The number of benzene rings is 1. The maximum atomic E-state index is 5.81. The summed E-state index contributed by atoms with van der Waals surface area (Å²) in [5.74, 6) is 2.59. The Labute approximate surface area is 191 Å². The number of pyridine rings is 1. The number of methoxy groups -OCH3 is 1. The number of aliphatic imine (C=N–C) groups is 1. The molecule has 1 saturated heterocycles. The Morgan fingerprint density at radius 2 is 1.97 bits per heavy atom. The highest BCUT2D eigenvalue weighted by Crippen LogP contribution is 2.20. The van der Waals surface area contributed by atoms with E-state index in [4.69, 9.17) is 14.5 Å². The molecule has 3 rings (SSSR count). The van der Waals surface area contributed by atoms with Gasteiger partial charge in [0.05, 0.1) is 13.2 Å². The van der Waals surface area contributed by atoms with Crippen LogP contribution in [-0.4, -0.2) is 75.9 Å². The lowest BCUT2D eigenvalue weighted by molar-refractivity contribution is 0.172. The normalized spacial score (nSPS) is 15.0. The van der Waals surface area contributed by atoms with Crippen molar-refractivity contribution in [3.8, 4) is 5.75 Å². The first kappa shape index (κ1) is 23.8. The number of hydrogen-bond donors (Lipinski definition) is 2. The number of ether oxygens (including phenoxy) is 2. The van der Waals surface area contributed by atoms with Crippen LogP contribution >= 0.6 is 0 Å². The van der Waals surface area contributed by atoms with Gasteiger partial charge in [-0.25, -0.2) is 9.98 Å². The fourth-order valence-electron chi connectivity index (χ4n) is 3.52. The zero-order valence-electron chi connectivity index (χ0n) is 19.5. The summed E-state index contributed by atoms with van der Waals surface area (Å²) >= 11 is 0. The third kappa shape index (κ3) is 7.39. The molecule has 1 aromatic heterocycles. The molecule has 2 heterocycles. The van der Waals surface area contributed by atoms with Crippen molar-refractivity contribution >= 4 is 17.5 Å². The van der Waals surface area contributed by atoms with Crippen molar-refractivity contribution in [2.75, 3.05) is 70.3 Å². The van der Waals surface area contributed by atoms with Crippen LogP contribution in [0.25, 0.3) is 0 Å². The second-order valence-corrected chi connectivity index (χ2v) is 7.82. The number of nitrogens with one attached hydrogen (secondary N) is 2. The zero-order valence-corrected chi connectivity index (χ0v) is 19.5. The molecule has 8 heteroatoms. The number of anilines is 2. The SMILES string of the molecule is CCNC(=NCc1cccnc1N1CCN(C)CC1)Nc1cccc(OCCCOC)c1. The lowest BCUT2D eigenvalue weighted by atomic mass is 10.2. The summed E-state index contributed by atoms with van der Waals surface area (Å²) in [7, 11) is 3.86. The molecule has 1 aliphatic heterocycles. The smallest absolute Gasteiger partial charge is 0.196 e. The highest BCUT2D eigenvalue weighted by molar-refractivity contribution is 5.93. The van der Waals surface area contributed by atoms with Crippen LogP contribution in [0.5, 0.6) is 5.75 Å². The number of rotatable bonds is 10. The van der Waals surface area contributed by atoms with Crippen LogP contribution in [0.4, 0.5) is 11.5 Å². The quantitative estimate of drug-likeness (QED) is 0.334. The lowest BCUT2D eigenvalue weighted by Crippen LogP contribution is -2.45. The van der Waals surface area contributed by atoms with Gasteiger partial charge in [-0.3, -0.25) is 0 Å². The molecule has 0 saturated carbocycles. The van der Waals surface area contributed by atoms with Gasteiger partial charge in [-0.05, 0) is 32.2 Å². The second-order valence-electron chi connectivity index (χ2n) is 7.82. The number of hydrogen-bond acceptors (Lipinski definition) is 6. The Bertz CT molecular complexity index is 852. The highest BCUT2D eigenvalue weighted by Gasteiger charge is 2.17. The maximum absolute atomic E-state index is 5.81. The van der Waals surface area contributed by atoms with Crippen molar-refractivity contribution < 1.29 is 9.47 Å². The largest absolute Gasteiger partial charge is 0.493 e. The first-order chi connectivity index (χ1) is 15.7. The third-order valence-corrected chi connectivity index (χ3v) is 5.28. The molecule has 0 amide bonds. The van der Waals surface area contributed by atoms with Crippen LogP contribution in [-0.2, 0) is 11.3 Å². The van der Waals surface area contributed by atoms with Crippen molar-refractivity contribution in [1.82, 2.24) is 15.2 Å². The number of nitrogens with zero attached hydrogens (tertiary/aromatic N) is 4. The Balaban J connectivity index is 1.66. The maximum Gasteiger partial charge on any atom is 0.196 e. The van der Waals surface area contributed by atoms with E-state index in [9.17, 15) is 0 Å². The number of aromatic nitrogens is 1. The molecule has 0 aliphatic carbocycles. The van der Waals surface area contributed by atoms with Crippen LogP contribution in [0, 0.1) is 0 Å². The van der Waals surface area contributed by atoms with Gasteiger partial charge in [0.15, 0.2) is 5.96 Å². The van der Waals surface area contributed by atoms with Crippen molar-refractivity contribution in [3.05, 3.63) is 48.2 Å². The van der Waals surface area contributed by atoms with Crippen molar-refractivity contribution in [2.24, 2.45) is 4.99 Å². The summed E-state index contributed by atoms with van der Waals surface area (Å²) in [4.78, 5) is 14.2. The number of piperazine rings is 1. The predicted molar refractivity (Wildman–Crippen MR) is 131 cm³/mol. The van der Waals surface area contributed by atoms with Crippen LogP contribution in [0.1, 0.15) is 18.9 Å². The average Bonchev–Trinajstić information content (AvgIpc) is 2.81. The first-order valence-electron chi connectivity index (χ1n) is 11.3. The minimum Gasteiger partial charge on any atom is -0.493 e. The van der Waals surface area contributed by atoms with Gasteiger partial charge in [-0.1, -0.05) is 12.1 Å². The van der Waals surface area contributed by atoms with Crippen LogP contribution in [0.2, 0.25) is 0 Å². The third-order valence-electron chi connectivity index (χ3n) is 5.28. The summed E-state index contributed by atoms with van der Waals surface area (Å²) in [6.45, 7) is 8.78. The molecule has 0 spiro atoms. The van der Waals surface area contributed by atoms with Gasteiger partial charge < -0.3 is 29.9 Å². The van der Waals surface area contributed by atoms with Crippen LogP contribution in [0.3, 0.4) is 0 Å². The van der Waals surface area contributed by atoms with E-state index in [0.29, 0.717) is 19.8 Å². The molecular formula is C24H36N6O2. The van der Waals surface area contributed by atoms with Crippen LogP contribution < -0.4 is 20.3 Å². The summed E-state index contributed by atoms with van der Waals surface area (Å²) in [6, 6.07) is 12.0. The minimum atomic E-state index is 0.554. The molecule has 8 nitrogen and oxygen atoms in total. The Morgan fingerprint density at radius 1 is 1.12 bits per heavy atom. The van der Waals surface area contributed by atoms with Gasteiger partial charge in [-0.15, -0.1) is 0 Å². The van der Waals surface area contributed by atoms with E-state index in [1.54, 1.807) is 7.11 Å². The molecule has 32 heavy (non-hydrogen) atoms. The van der Waals surface area contributed by atoms with Gasteiger partial charge in [0.25, 0.3) is 0 Å². The molecule has 1 aliphatic rings. The average molecular weight is 441 g/mol. The van der Waals surface area contributed by atoms with Gasteiger partial charge >= 0.3 is 0 Å². The van der Waals surface area contributed by atoms with Gasteiger partial charge in [-0.2, -0.15) is 0 Å². The minimum absolute atomic E-state index is 0.554. The lowest BCUT2D eigenvalue weighted by Gasteiger charge is -2.34. The molecule has 0 unspecified atom stereocenters. The Hall–Kier alpha value is -2.84. The van der Waals surface area contributed by atoms with E-state index in [2.05, 4.69) is 45.5 Å². The van der Waals surface area contributed by atoms with Crippen molar-refractivity contribution in [1.29, 1.82) is 0 Å². The number of likely N-dealkylation sites (N-methyl/N-ethyl adjacent to an activating group) is 1. The second kappa shape index (κ2) is 12.9. The predicted octanol–water partition coefficient (Wildman–Crippen LogP) is 2.83. The molecular weight excluding hydrogens is 404 g/mol. The summed E-state index contributed by atoms with van der Waals surface area (Å²) in [6.07, 6.45) is 2.72. The standard InChI is InChI=1S/C24H36N6O2/c1-4-25-24(28-21-9-5-10-22(18-21)32-17-7-16-31-3)27-19-20-8-6-11-26-23(20)30-14-12-29(2)13-15-30/h5-6,8-11,18H,4,7,12-17,19H2,1-3H3,(H2,25,27,28). The topological polar surface area (TPSA) is 74.3 Å². The van der Waals surface area contributed by atoms with Gasteiger partial charge in [0.1, 0.15) is 11.6 Å². The molecule has 2 aromatic rings. The van der Waals surface area contributed by atoms with Crippen molar-refractivity contribution in [2.45, 2.75) is 19.9 Å². The Kier molecular flexibility index (Phi) is 9.59. The molecule has 0 radical (unpaired) electrons. The fourth-order valence-corrected chi connectivity index (χ4v) is 3.52. The molecule has 0 bridgehead atoms.